The maximum atomic E-state index is 11.8. The summed E-state index contributed by atoms with van der Waals surface area (Å²) in [5, 5.41) is 10.9. The predicted octanol–water partition coefficient (Wildman–Crippen LogP) is 1.03. The Kier molecular flexibility index (Phi) is 2.89. The van der Waals surface area contributed by atoms with E-state index in [0.717, 1.165) is 0 Å². The van der Waals surface area contributed by atoms with Gasteiger partial charge in [-0.05, 0) is 25.0 Å². The molecule has 0 bridgehead atoms. The molecule has 98 valence electrons. The fourth-order valence-electron chi connectivity index (χ4n) is 1.99. The number of nitro benzene ring substituents is 1. The smallest absolute Gasteiger partial charge is 0.294 e. The number of nitrogen functional groups attached to an aromatic ring is 1. The normalized spacial score (nSPS) is 17.9. The minimum Gasteiger partial charge on any atom is -0.393 e. The van der Waals surface area contributed by atoms with Gasteiger partial charge in [0.1, 0.15) is 5.69 Å². The van der Waals surface area contributed by atoms with Crippen molar-refractivity contribution in [3.63, 3.8) is 0 Å². The third-order valence-corrected chi connectivity index (χ3v) is 4.80. The second-order valence-corrected chi connectivity index (χ2v) is 6.21. The zero-order valence-corrected chi connectivity index (χ0v) is 10.6. The van der Waals surface area contributed by atoms with Gasteiger partial charge in [0.05, 0.1) is 16.4 Å². The summed E-state index contributed by atoms with van der Waals surface area (Å²) in [6, 6.07) is 2.77. The number of nitrogens with zero attached hydrogens (tertiary/aromatic N) is 2. The molecule has 1 aliphatic heterocycles. The number of sulfonamides is 1. The van der Waals surface area contributed by atoms with E-state index in [0.29, 0.717) is 24.2 Å². The van der Waals surface area contributed by atoms with E-state index in [1.165, 1.54) is 10.4 Å². The van der Waals surface area contributed by atoms with Crippen LogP contribution in [-0.4, -0.2) is 25.6 Å². The number of nitrogens with two attached hydrogens (primary N) is 1. The molecular formula is C10H13N3O4S. The summed E-state index contributed by atoms with van der Waals surface area (Å²) in [7, 11) is -3.34. The van der Waals surface area contributed by atoms with Crippen LogP contribution in [0.2, 0.25) is 0 Å². The largest absolute Gasteiger partial charge is 0.393 e. The molecule has 0 atom stereocenters. The van der Waals surface area contributed by atoms with E-state index in [9.17, 15) is 18.5 Å². The van der Waals surface area contributed by atoms with Crippen molar-refractivity contribution in [1.82, 2.24) is 0 Å². The Morgan fingerprint density at radius 1 is 1.44 bits per heavy atom. The van der Waals surface area contributed by atoms with E-state index < -0.39 is 14.9 Å². The zero-order valence-electron chi connectivity index (χ0n) is 9.79. The Balaban J connectivity index is 2.56. The van der Waals surface area contributed by atoms with Crippen molar-refractivity contribution in [2.75, 3.05) is 22.3 Å². The van der Waals surface area contributed by atoms with Crippen molar-refractivity contribution in [2.45, 2.75) is 13.3 Å². The minimum atomic E-state index is -3.34. The fourth-order valence-corrected chi connectivity index (χ4v) is 3.53. The van der Waals surface area contributed by atoms with Gasteiger partial charge in [-0.1, -0.05) is 0 Å². The summed E-state index contributed by atoms with van der Waals surface area (Å²) < 4.78 is 24.7. The van der Waals surface area contributed by atoms with Crippen molar-refractivity contribution < 1.29 is 13.3 Å². The number of benzene rings is 1. The Morgan fingerprint density at radius 2 is 2.11 bits per heavy atom. The molecule has 0 saturated carbocycles. The van der Waals surface area contributed by atoms with Crippen LogP contribution in [0.5, 0.6) is 0 Å². The van der Waals surface area contributed by atoms with Crippen LogP contribution in [0.4, 0.5) is 17.1 Å². The van der Waals surface area contributed by atoms with Gasteiger partial charge in [-0.2, -0.15) is 0 Å². The van der Waals surface area contributed by atoms with E-state index in [1.807, 2.05) is 0 Å². The highest BCUT2D eigenvalue weighted by molar-refractivity contribution is 7.93. The average Bonchev–Trinajstić information content (AvgIpc) is 2.61. The van der Waals surface area contributed by atoms with Gasteiger partial charge in [-0.3, -0.25) is 14.4 Å². The molecule has 1 fully saturated rings. The van der Waals surface area contributed by atoms with Gasteiger partial charge in [-0.25, -0.2) is 8.42 Å². The molecular weight excluding hydrogens is 258 g/mol. The maximum Gasteiger partial charge on any atom is 0.294 e. The summed E-state index contributed by atoms with van der Waals surface area (Å²) in [6.45, 7) is 1.97. The van der Waals surface area contributed by atoms with E-state index in [2.05, 4.69) is 0 Å². The first-order chi connectivity index (χ1) is 8.33. The molecule has 2 rings (SSSR count). The molecule has 1 saturated heterocycles. The number of nitro groups is 1. The average molecular weight is 271 g/mol. The summed E-state index contributed by atoms with van der Waals surface area (Å²) >= 11 is 0. The molecule has 8 heteroatoms. The summed E-state index contributed by atoms with van der Waals surface area (Å²) in [5.74, 6) is 0.0736. The molecule has 7 nitrogen and oxygen atoms in total. The first-order valence-corrected chi connectivity index (χ1v) is 6.99. The van der Waals surface area contributed by atoms with Crippen LogP contribution in [-0.2, 0) is 10.0 Å². The predicted molar refractivity (Wildman–Crippen MR) is 68.0 cm³/mol. The molecule has 0 aromatic heterocycles. The lowest BCUT2D eigenvalue weighted by atomic mass is 10.1. The highest BCUT2D eigenvalue weighted by Gasteiger charge is 2.30. The minimum absolute atomic E-state index is 0.0698. The van der Waals surface area contributed by atoms with Crippen molar-refractivity contribution >= 4 is 27.1 Å². The summed E-state index contributed by atoms with van der Waals surface area (Å²) in [4.78, 5) is 10.3. The van der Waals surface area contributed by atoms with E-state index >= 15 is 0 Å². The first-order valence-electron chi connectivity index (χ1n) is 5.38. The van der Waals surface area contributed by atoms with E-state index in [1.54, 1.807) is 13.0 Å². The van der Waals surface area contributed by atoms with Crippen molar-refractivity contribution in [3.8, 4) is 0 Å². The van der Waals surface area contributed by atoms with Gasteiger partial charge in [-0.15, -0.1) is 0 Å². The molecule has 0 amide bonds. The lowest BCUT2D eigenvalue weighted by Gasteiger charge is -2.17. The number of rotatable bonds is 2. The van der Waals surface area contributed by atoms with Crippen molar-refractivity contribution in [3.05, 3.63) is 27.8 Å². The fraction of sp³-hybridized carbons (Fsp3) is 0.400. The van der Waals surface area contributed by atoms with Crippen LogP contribution in [0.15, 0.2) is 12.1 Å². The molecule has 1 aromatic carbocycles. The quantitative estimate of drug-likeness (QED) is 0.491. The van der Waals surface area contributed by atoms with Crippen LogP contribution in [0.25, 0.3) is 0 Å². The van der Waals surface area contributed by atoms with Gasteiger partial charge in [0.25, 0.3) is 5.69 Å². The topological polar surface area (TPSA) is 107 Å². The Bertz CT molecular complexity index is 612. The number of anilines is 2. The third kappa shape index (κ3) is 1.99. The molecule has 0 aliphatic carbocycles. The van der Waals surface area contributed by atoms with Crippen LogP contribution in [0.1, 0.15) is 12.0 Å². The second kappa shape index (κ2) is 4.13. The molecule has 0 unspecified atom stereocenters. The first kappa shape index (κ1) is 12.6. The molecule has 18 heavy (non-hydrogen) atoms. The monoisotopic (exact) mass is 271 g/mol. The number of hydrogen-bond acceptors (Lipinski definition) is 5. The van der Waals surface area contributed by atoms with E-state index in [4.69, 9.17) is 5.73 Å². The number of aryl methyl sites for hydroxylation is 1. The van der Waals surface area contributed by atoms with Crippen molar-refractivity contribution in [1.29, 1.82) is 0 Å². The van der Waals surface area contributed by atoms with Crippen LogP contribution in [0.3, 0.4) is 0 Å². The lowest BCUT2D eigenvalue weighted by molar-refractivity contribution is -0.383. The van der Waals surface area contributed by atoms with Crippen LogP contribution in [0, 0.1) is 17.0 Å². The standard InChI is InChI=1S/C10H13N3O4S/c1-7-5-8(6-9(10(7)11)13(14)15)12-3-2-4-18(12,16)17/h5-6H,2-4,11H2,1H3. The molecule has 0 spiro atoms. The Morgan fingerprint density at radius 3 is 2.61 bits per heavy atom. The van der Waals surface area contributed by atoms with Gasteiger partial charge in [0.15, 0.2) is 0 Å². The second-order valence-electron chi connectivity index (χ2n) is 4.19. The van der Waals surface area contributed by atoms with Gasteiger partial charge in [0.2, 0.25) is 10.0 Å². The van der Waals surface area contributed by atoms with Gasteiger partial charge < -0.3 is 5.73 Å². The SMILES string of the molecule is Cc1cc(N2CCCS2(=O)=O)cc([N+](=O)[O-])c1N. The summed E-state index contributed by atoms with van der Waals surface area (Å²) in [5.41, 5.74) is 6.23. The molecule has 1 aromatic rings. The molecule has 0 radical (unpaired) electrons. The van der Waals surface area contributed by atoms with Crippen LogP contribution < -0.4 is 10.0 Å². The Hall–Kier alpha value is -1.83. The Labute approximate surface area is 104 Å². The number of hydrogen-bond donors (Lipinski definition) is 1. The summed E-state index contributed by atoms with van der Waals surface area (Å²) in [6.07, 6.45) is 0.527. The third-order valence-electron chi connectivity index (χ3n) is 2.93. The van der Waals surface area contributed by atoms with E-state index in [-0.39, 0.29) is 17.1 Å². The highest BCUT2D eigenvalue weighted by Crippen LogP contribution is 2.33. The van der Waals surface area contributed by atoms with Gasteiger partial charge in [0, 0.05) is 12.6 Å². The molecule has 1 aliphatic rings. The maximum absolute atomic E-state index is 11.8. The molecule has 1 heterocycles. The van der Waals surface area contributed by atoms with Crippen molar-refractivity contribution in [2.24, 2.45) is 0 Å². The highest BCUT2D eigenvalue weighted by atomic mass is 32.2. The lowest BCUT2D eigenvalue weighted by Crippen LogP contribution is -2.25. The van der Waals surface area contributed by atoms with Crippen LogP contribution >= 0.6 is 0 Å². The van der Waals surface area contributed by atoms with Gasteiger partial charge >= 0.3 is 0 Å². The molecule has 2 N–H and O–H groups in total. The zero-order chi connectivity index (χ0) is 13.5.